The Balaban J connectivity index is 1.75. The number of carbonyl (C=O) groups is 1. The van der Waals surface area contributed by atoms with Crippen LogP contribution in [-0.2, 0) is 6.61 Å². The van der Waals surface area contributed by atoms with Crippen molar-refractivity contribution in [3.05, 3.63) is 66.2 Å². The molecular weight excluding hydrogens is 310 g/mol. The molecule has 0 bridgehead atoms. The van der Waals surface area contributed by atoms with Gasteiger partial charge in [-0.1, -0.05) is 12.1 Å². The maximum absolute atomic E-state index is 11.2. The van der Waals surface area contributed by atoms with Gasteiger partial charge in [-0.2, -0.15) is 0 Å². The van der Waals surface area contributed by atoms with E-state index in [0.29, 0.717) is 29.4 Å². The standard InChI is InChI=1S/C18H15NO5/c1-22-16-6-5-12(10-19-16)11-24-14-4-2-3-13(9-14)15-7-8-23-17(15)18(20)21/h2-10H,11H2,1H3,(H,20,21). The number of pyridine rings is 1. The van der Waals surface area contributed by atoms with E-state index in [2.05, 4.69) is 4.98 Å². The molecule has 0 aliphatic heterocycles. The van der Waals surface area contributed by atoms with Gasteiger partial charge in [0.2, 0.25) is 11.6 Å². The van der Waals surface area contributed by atoms with Crippen LogP contribution in [0.3, 0.4) is 0 Å². The molecular formula is C18H15NO5. The van der Waals surface area contributed by atoms with Gasteiger partial charge in [-0.15, -0.1) is 0 Å². The van der Waals surface area contributed by atoms with Gasteiger partial charge in [-0.25, -0.2) is 9.78 Å². The molecule has 6 heteroatoms. The average molecular weight is 325 g/mol. The maximum Gasteiger partial charge on any atom is 0.372 e. The van der Waals surface area contributed by atoms with Gasteiger partial charge in [-0.3, -0.25) is 0 Å². The summed E-state index contributed by atoms with van der Waals surface area (Å²) >= 11 is 0. The van der Waals surface area contributed by atoms with Crippen molar-refractivity contribution in [2.75, 3.05) is 7.11 Å². The van der Waals surface area contributed by atoms with Crippen LogP contribution in [0.2, 0.25) is 0 Å². The second kappa shape index (κ2) is 6.87. The van der Waals surface area contributed by atoms with Crippen molar-refractivity contribution in [2.24, 2.45) is 0 Å². The summed E-state index contributed by atoms with van der Waals surface area (Å²) in [7, 11) is 1.56. The molecule has 3 rings (SSSR count). The summed E-state index contributed by atoms with van der Waals surface area (Å²) in [6.45, 7) is 0.345. The van der Waals surface area contributed by atoms with Crippen molar-refractivity contribution in [1.82, 2.24) is 4.98 Å². The van der Waals surface area contributed by atoms with Crippen molar-refractivity contribution < 1.29 is 23.8 Å². The summed E-state index contributed by atoms with van der Waals surface area (Å²) in [6.07, 6.45) is 3.04. The highest BCUT2D eigenvalue weighted by atomic mass is 16.5. The molecule has 0 saturated carbocycles. The first-order chi connectivity index (χ1) is 11.7. The molecule has 0 aliphatic rings. The third-order valence-electron chi connectivity index (χ3n) is 3.42. The topological polar surface area (TPSA) is 81.8 Å². The molecule has 1 aromatic carbocycles. The molecule has 122 valence electrons. The van der Waals surface area contributed by atoms with Crippen LogP contribution >= 0.6 is 0 Å². The van der Waals surface area contributed by atoms with Gasteiger partial charge in [0.25, 0.3) is 0 Å². The van der Waals surface area contributed by atoms with Crippen LogP contribution in [0.4, 0.5) is 0 Å². The Bertz CT molecular complexity index is 839. The minimum Gasteiger partial charge on any atom is -0.489 e. The third-order valence-corrected chi connectivity index (χ3v) is 3.42. The molecule has 6 nitrogen and oxygen atoms in total. The van der Waals surface area contributed by atoms with Crippen LogP contribution in [0, 0.1) is 0 Å². The third kappa shape index (κ3) is 3.38. The highest BCUT2D eigenvalue weighted by Crippen LogP contribution is 2.28. The second-order valence-corrected chi connectivity index (χ2v) is 4.99. The molecule has 0 saturated heterocycles. The average Bonchev–Trinajstić information content (AvgIpc) is 3.11. The van der Waals surface area contributed by atoms with Crippen molar-refractivity contribution in [3.8, 4) is 22.8 Å². The summed E-state index contributed by atoms with van der Waals surface area (Å²) < 4.78 is 15.8. The number of hydrogen-bond acceptors (Lipinski definition) is 5. The normalized spacial score (nSPS) is 10.4. The zero-order chi connectivity index (χ0) is 16.9. The number of methoxy groups -OCH3 is 1. The number of ether oxygens (including phenoxy) is 2. The molecule has 0 atom stereocenters. The van der Waals surface area contributed by atoms with E-state index in [-0.39, 0.29) is 5.76 Å². The quantitative estimate of drug-likeness (QED) is 0.745. The number of carboxylic acids is 1. The van der Waals surface area contributed by atoms with Gasteiger partial charge in [0.15, 0.2) is 0 Å². The highest BCUT2D eigenvalue weighted by molar-refractivity contribution is 5.93. The van der Waals surface area contributed by atoms with E-state index in [9.17, 15) is 4.79 Å². The Morgan fingerprint density at radius 1 is 1.25 bits per heavy atom. The Morgan fingerprint density at radius 3 is 2.83 bits per heavy atom. The van der Waals surface area contributed by atoms with Gasteiger partial charge < -0.3 is 19.0 Å². The van der Waals surface area contributed by atoms with E-state index >= 15 is 0 Å². The lowest BCUT2D eigenvalue weighted by Gasteiger charge is -2.08. The molecule has 0 radical (unpaired) electrons. The van der Waals surface area contributed by atoms with Crippen LogP contribution in [0.15, 0.2) is 59.3 Å². The summed E-state index contributed by atoms with van der Waals surface area (Å²) in [6, 6.07) is 12.4. The number of aromatic carboxylic acids is 1. The van der Waals surface area contributed by atoms with Crippen LogP contribution < -0.4 is 9.47 Å². The van der Waals surface area contributed by atoms with Crippen LogP contribution in [0.1, 0.15) is 16.1 Å². The molecule has 1 N–H and O–H groups in total. The van der Waals surface area contributed by atoms with Crippen LogP contribution in [-0.4, -0.2) is 23.2 Å². The van der Waals surface area contributed by atoms with Gasteiger partial charge in [0, 0.05) is 23.4 Å². The van der Waals surface area contributed by atoms with E-state index in [1.54, 1.807) is 49.7 Å². The summed E-state index contributed by atoms with van der Waals surface area (Å²) in [4.78, 5) is 15.3. The number of rotatable bonds is 6. The van der Waals surface area contributed by atoms with Gasteiger partial charge in [0.05, 0.1) is 13.4 Å². The Kier molecular flexibility index (Phi) is 4.47. The minimum atomic E-state index is -1.11. The predicted molar refractivity (Wildman–Crippen MR) is 86.2 cm³/mol. The fraction of sp³-hybridized carbons (Fsp3) is 0.111. The van der Waals surface area contributed by atoms with Crippen molar-refractivity contribution in [2.45, 2.75) is 6.61 Å². The van der Waals surface area contributed by atoms with Gasteiger partial charge in [0.1, 0.15) is 12.4 Å². The molecule has 0 aliphatic carbocycles. The molecule has 0 fully saturated rings. The van der Waals surface area contributed by atoms with E-state index in [0.717, 1.165) is 5.56 Å². The highest BCUT2D eigenvalue weighted by Gasteiger charge is 2.15. The molecule has 0 unspecified atom stereocenters. The maximum atomic E-state index is 11.2. The number of furan rings is 1. The second-order valence-electron chi connectivity index (χ2n) is 4.99. The number of hydrogen-bond donors (Lipinski definition) is 1. The largest absolute Gasteiger partial charge is 0.489 e. The number of benzene rings is 1. The van der Waals surface area contributed by atoms with Crippen molar-refractivity contribution in [1.29, 1.82) is 0 Å². The Hall–Kier alpha value is -3.28. The minimum absolute atomic E-state index is 0.0912. The first-order valence-corrected chi connectivity index (χ1v) is 7.20. The molecule has 2 heterocycles. The lowest BCUT2D eigenvalue weighted by molar-refractivity contribution is 0.0663. The number of carboxylic acid groups (broad SMARTS) is 1. The summed E-state index contributed by atoms with van der Waals surface area (Å²) in [5, 5.41) is 9.14. The van der Waals surface area contributed by atoms with Crippen molar-refractivity contribution >= 4 is 5.97 Å². The molecule has 0 spiro atoms. The lowest BCUT2D eigenvalue weighted by Crippen LogP contribution is -1.98. The van der Waals surface area contributed by atoms with E-state index in [1.165, 1.54) is 6.26 Å². The first kappa shape index (κ1) is 15.6. The van der Waals surface area contributed by atoms with Crippen LogP contribution in [0.5, 0.6) is 11.6 Å². The lowest BCUT2D eigenvalue weighted by atomic mass is 10.1. The SMILES string of the molecule is COc1ccc(COc2cccc(-c3ccoc3C(=O)O)c2)cn1. The predicted octanol–water partition coefficient (Wildman–Crippen LogP) is 3.63. The zero-order valence-corrected chi connectivity index (χ0v) is 12.9. The summed E-state index contributed by atoms with van der Waals surface area (Å²) in [5.41, 5.74) is 2.13. The first-order valence-electron chi connectivity index (χ1n) is 7.20. The van der Waals surface area contributed by atoms with Crippen molar-refractivity contribution in [3.63, 3.8) is 0 Å². The van der Waals surface area contributed by atoms with E-state index < -0.39 is 5.97 Å². The van der Waals surface area contributed by atoms with Gasteiger partial charge >= 0.3 is 5.97 Å². The van der Waals surface area contributed by atoms with E-state index in [1.807, 2.05) is 6.07 Å². The Labute approximate surface area is 138 Å². The Morgan fingerprint density at radius 2 is 2.12 bits per heavy atom. The number of aromatic nitrogens is 1. The van der Waals surface area contributed by atoms with E-state index in [4.69, 9.17) is 19.0 Å². The fourth-order valence-electron chi connectivity index (χ4n) is 2.24. The zero-order valence-electron chi connectivity index (χ0n) is 12.9. The monoisotopic (exact) mass is 325 g/mol. The molecule has 2 aromatic heterocycles. The number of nitrogens with zero attached hydrogens (tertiary/aromatic N) is 1. The molecule has 0 amide bonds. The van der Waals surface area contributed by atoms with Crippen LogP contribution in [0.25, 0.3) is 11.1 Å². The fourth-order valence-corrected chi connectivity index (χ4v) is 2.24. The van der Waals surface area contributed by atoms with Gasteiger partial charge in [-0.05, 0) is 29.8 Å². The molecule has 24 heavy (non-hydrogen) atoms. The molecule has 3 aromatic rings. The smallest absolute Gasteiger partial charge is 0.372 e. The summed E-state index contributed by atoms with van der Waals surface area (Å²) in [5.74, 6) is -0.0279.